The van der Waals surface area contributed by atoms with E-state index in [4.69, 9.17) is 0 Å². The lowest BCUT2D eigenvalue weighted by Crippen LogP contribution is -2.45. The number of nitrogens with zero attached hydrogens (tertiary/aromatic N) is 3. The van der Waals surface area contributed by atoms with Crippen molar-refractivity contribution < 1.29 is 60.7 Å². The summed E-state index contributed by atoms with van der Waals surface area (Å²) in [5.41, 5.74) is 3.06. The molecular weight excluding hydrogens is 702 g/mol. The van der Waals surface area contributed by atoms with Crippen LogP contribution < -0.4 is 0 Å². The van der Waals surface area contributed by atoms with Gasteiger partial charge in [0.15, 0.2) is 29.5 Å². The molecule has 6 unspecified atom stereocenters. The first-order valence-corrected chi connectivity index (χ1v) is 16.6. The Labute approximate surface area is 314 Å². The number of phenols is 4. The summed E-state index contributed by atoms with van der Waals surface area (Å²) >= 11 is 0. The molecule has 15 nitrogen and oxygen atoms in total. The molecule has 0 bridgehead atoms. The molecule has 3 heterocycles. The Morgan fingerprint density at radius 3 is 1.56 bits per heavy atom. The van der Waals surface area contributed by atoms with Gasteiger partial charge in [-0.1, -0.05) is 68.4 Å². The van der Waals surface area contributed by atoms with Crippen molar-refractivity contribution in [1.82, 2.24) is 15.0 Å². The van der Waals surface area contributed by atoms with Gasteiger partial charge in [-0.25, -0.2) is 9.97 Å². The first-order chi connectivity index (χ1) is 24.2. The zero-order valence-electron chi connectivity index (χ0n) is 28.3. The number of rotatable bonds is 6. The van der Waals surface area contributed by atoms with Crippen molar-refractivity contribution in [3.05, 3.63) is 76.0 Å². The molecule has 4 aromatic rings. The zero-order valence-corrected chi connectivity index (χ0v) is 28.3. The van der Waals surface area contributed by atoms with E-state index in [0.717, 1.165) is 43.5 Å². The molecule has 6 rings (SSSR count). The quantitative estimate of drug-likeness (QED) is 0.0987. The van der Waals surface area contributed by atoms with E-state index < -0.39 is 71.2 Å². The fraction of sp³-hybridized carbons (Fsp3) is 0.462. The standard InChI is InChI=1S/C12H17NO4.2C12H13NO4.3CH4/c3*1-2-3-6-4-5-7-8(13-6)10(15)12(17)11(16)9(7)14;;;/h4-5,9-12,14-17H,2-3H2,1H3;4-5,14-17H,2-3H2,1H3;4-5,11-12,16-17H,2-3H2,1H3;3*1H4. The van der Waals surface area contributed by atoms with Crippen molar-refractivity contribution >= 4 is 22.5 Å². The Morgan fingerprint density at radius 1 is 0.519 bits per heavy atom. The average molecular weight is 758 g/mol. The van der Waals surface area contributed by atoms with E-state index in [0.29, 0.717) is 17.7 Å². The molecule has 1 aromatic carbocycles. The highest BCUT2D eigenvalue weighted by Crippen LogP contribution is 2.47. The molecule has 0 aliphatic heterocycles. The molecule has 298 valence electrons. The summed E-state index contributed by atoms with van der Waals surface area (Å²) in [6.07, 6.45) is -3.69. The van der Waals surface area contributed by atoms with Crippen LogP contribution in [0.3, 0.4) is 0 Å². The van der Waals surface area contributed by atoms with Crippen molar-refractivity contribution in [3.8, 4) is 23.0 Å². The lowest BCUT2D eigenvalue weighted by atomic mass is 9.86. The lowest BCUT2D eigenvalue weighted by Gasteiger charge is -2.33. The number of benzene rings is 1. The van der Waals surface area contributed by atoms with E-state index in [-0.39, 0.29) is 50.1 Å². The van der Waals surface area contributed by atoms with Crippen molar-refractivity contribution in [1.29, 1.82) is 0 Å². The summed E-state index contributed by atoms with van der Waals surface area (Å²) in [6.45, 7) is 6.00. The van der Waals surface area contributed by atoms with Gasteiger partial charge in [-0.15, -0.1) is 0 Å². The van der Waals surface area contributed by atoms with Crippen LogP contribution in [0.25, 0.3) is 10.9 Å². The number of carbonyl (C=O) groups excluding carboxylic acids is 2. The minimum atomic E-state index is -1.70. The summed E-state index contributed by atoms with van der Waals surface area (Å²) in [7, 11) is 0. The molecule has 6 atom stereocenters. The van der Waals surface area contributed by atoms with E-state index in [1.807, 2.05) is 20.8 Å². The van der Waals surface area contributed by atoms with Gasteiger partial charge in [-0.2, -0.15) is 0 Å². The fourth-order valence-electron chi connectivity index (χ4n) is 5.73. The number of hydrogen-bond acceptors (Lipinski definition) is 15. The van der Waals surface area contributed by atoms with E-state index in [1.54, 1.807) is 30.3 Å². The minimum absolute atomic E-state index is 0. The first-order valence-electron chi connectivity index (χ1n) is 16.6. The highest BCUT2D eigenvalue weighted by atomic mass is 16.4. The van der Waals surface area contributed by atoms with Gasteiger partial charge in [-0.05, 0) is 49.6 Å². The van der Waals surface area contributed by atoms with Crippen LogP contribution in [0.4, 0.5) is 0 Å². The summed E-state index contributed by atoms with van der Waals surface area (Å²) in [4.78, 5) is 35.8. The Hall–Kier alpha value is -4.77. The fourth-order valence-corrected chi connectivity index (χ4v) is 5.73. The topological polar surface area (TPSA) is 275 Å². The number of aliphatic hydroxyl groups excluding tert-OH is 6. The molecule has 0 fully saturated rings. The van der Waals surface area contributed by atoms with Crippen LogP contribution in [-0.4, -0.2) is 102 Å². The molecule has 54 heavy (non-hydrogen) atoms. The Kier molecular flexibility index (Phi) is 17.6. The molecule has 0 saturated carbocycles. The van der Waals surface area contributed by atoms with Crippen molar-refractivity contribution in [2.45, 2.75) is 118 Å². The van der Waals surface area contributed by atoms with Crippen molar-refractivity contribution in [2.75, 3.05) is 0 Å². The number of aliphatic hydroxyl groups is 6. The van der Waals surface area contributed by atoms with Gasteiger partial charge < -0.3 is 51.1 Å². The van der Waals surface area contributed by atoms with Gasteiger partial charge in [0, 0.05) is 28.2 Å². The number of pyridine rings is 3. The van der Waals surface area contributed by atoms with Crippen LogP contribution in [0.1, 0.15) is 124 Å². The number of Topliss-reactive ketones (excluding diaryl/α,β-unsaturated/α-hetero) is 2. The van der Waals surface area contributed by atoms with Gasteiger partial charge in [-0.3, -0.25) is 14.6 Å². The number of ketones is 2. The Morgan fingerprint density at radius 2 is 0.981 bits per heavy atom. The van der Waals surface area contributed by atoms with Crippen LogP contribution in [-0.2, 0) is 19.3 Å². The molecule has 0 radical (unpaired) electrons. The summed E-state index contributed by atoms with van der Waals surface area (Å²) < 4.78 is 0. The average Bonchev–Trinajstić information content (AvgIpc) is 3.13. The van der Waals surface area contributed by atoms with Crippen LogP contribution >= 0.6 is 0 Å². The molecule has 0 spiro atoms. The van der Waals surface area contributed by atoms with Crippen LogP contribution in [0.2, 0.25) is 0 Å². The molecule has 15 heteroatoms. The maximum absolute atomic E-state index is 11.7. The number of carbonyl (C=O) groups is 2. The van der Waals surface area contributed by atoms with Gasteiger partial charge >= 0.3 is 0 Å². The molecular formula is C39H55N3O12. The second-order valence-corrected chi connectivity index (χ2v) is 12.3. The number of aryl methyl sites for hydroxylation is 3. The molecule has 2 aliphatic carbocycles. The number of fused-ring (bicyclic) bond motifs is 3. The SMILES string of the molecule is C.C.C.CCCc1ccc2c(O)c(O)c(O)c(O)c2n1.CCCc1ccc2c(n1)C(=O)C(O)C(O)C2=O.CCCc1ccc2c(n1)C(O)C(O)C(O)C2O. The van der Waals surface area contributed by atoms with E-state index in [2.05, 4.69) is 15.0 Å². The highest BCUT2D eigenvalue weighted by Gasteiger charge is 2.41. The third-order valence-electron chi connectivity index (χ3n) is 8.52. The predicted molar refractivity (Wildman–Crippen MR) is 202 cm³/mol. The number of hydrogen-bond donors (Lipinski definition) is 10. The van der Waals surface area contributed by atoms with Crippen LogP contribution in [0.5, 0.6) is 23.0 Å². The second-order valence-electron chi connectivity index (χ2n) is 12.3. The summed E-state index contributed by atoms with van der Waals surface area (Å²) in [5.74, 6) is -3.83. The molecule has 0 amide bonds. The first kappa shape index (κ1) is 47.3. The zero-order chi connectivity index (χ0) is 37.7. The Balaban J connectivity index is 0.000000394. The van der Waals surface area contributed by atoms with Crippen molar-refractivity contribution in [2.24, 2.45) is 0 Å². The van der Waals surface area contributed by atoms with Gasteiger partial charge in [0.2, 0.25) is 17.3 Å². The number of aromatic hydroxyl groups is 4. The smallest absolute Gasteiger partial charge is 0.213 e. The predicted octanol–water partition coefficient (Wildman–Crippen LogP) is 3.89. The molecule has 10 N–H and O–H groups in total. The van der Waals surface area contributed by atoms with Crippen molar-refractivity contribution in [3.63, 3.8) is 0 Å². The second kappa shape index (κ2) is 20.1. The minimum Gasteiger partial charge on any atom is -0.504 e. The van der Waals surface area contributed by atoms with E-state index in [1.165, 1.54) is 6.07 Å². The largest absolute Gasteiger partial charge is 0.504 e. The van der Waals surface area contributed by atoms with E-state index in [9.17, 15) is 60.7 Å². The van der Waals surface area contributed by atoms with Gasteiger partial charge in [0.05, 0.1) is 11.1 Å². The van der Waals surface area contributed by atoms with E-state index >= 15 is 0 Å². The summed E-state index contributed by atoms with van der Waals surface area (Å²) in [5, 5.41) is 95.8. The lowest BCUT2D eigenvalue weighted by molar-refractivity contribution is -0.122. The maximum Gasteiger partial charge on any atom is 0.213 e. The van der Waals surface area contributed by atoms with Crippen LogP contribution in [0, 0.1) is 0 Å². The number of aromatic nitrogens is 3. The third-order valence-corrected chi connectivity index (χ3v) is 8.52. The number of phenolic OH excluding ortho intramolecular Hbond substituents is 4. The van der Waals surface area contributed by atoms with Gasteiger partial charge in [0.25, 0.3) is 0 Å². The maximum atomic E-state index is 11.7. The molecule has 2 aliphatic rings. The normalized spacial score (nSPS) is 21.1. The molecule has 0 saturated heterocycles. The van der Waals surface area contributed by atoms with Gasteiger partial charge in [0.1, 0.15) is 35.6 Å². The summed E-state index contributed by atoms with van der Waals surface area (Å²) in [6, 6.07) is 9.84. The monoisotopic (exact) mass is 757 g/mol. The van der Waals surface area contributed by atoms with Crippen LogP contribution in [0.15, 0.2) is 36.4 Å². The molecule has 3 aromatic heterocycles. The Bertz CT molecular complexity index is 1900. The highest BCUT2D eigenvalue weighted by molar-refractivity contribution is 6.17. The third kappa shape index (κ3) is 9.47.